The van der Waals surface area contributed by atoms with Crippen molar-refractivity contribution in [3.63, 3.8) is 0 Å². The van der Waals surface area contributed by atoms with Crippen molar-refractivity contribution in [2.45, 2.75) is 32.9 Å². The Bertz CT molecular complexity index is 1130. The fraction of sp³-hybridized carbons (Fsp3) is 0.250. The minimum Gasteiger partial charge on any atom is -0.449 e. The normalized spacial score (nSPS) is 11.9. The van der Waals surface area contributed by atoms with E-state index in [1.165, 1.54) is 25.3 Å². The Morgan fingerprint density at radius 2 is 2.00 bits per heavy atom. The molecule has 0 aliphatic heterocycles. The molecular weight excluding hydrogens is 394 g/mol. The first kappa shape index (κ1) is 20.3. The summed E-state index contributed by atoms with van der Waals surface area (Å²) in [5, 5.41) is 16.7. The predicted molar refractivity (Wildman–Crippen MR) is 108 cm³/mol. The van der Waals surface area contributed by atoms with Gasteiger partial charge in [-0.05, 0) is 45.0 Å². The molecular formula is C20H18ClN5O3. The van der Waals surface area contributed by atoms with E-state index < -0.39 is 18.0 Å². The number of amides is 1. The third-order valence-corrected chi connectivity index (χ3v) is 4.48. The summed E-state index contributed by atoms with van der Waals surface area (Å²) in [6.45, 7) is 5.43. The number of hydrogen-bond donors (Lipinski definition) is 1. The van der Waals surface area contributed by atoms with Crippen LogP contribution in [0.5, 0.6) is 0 Å². The van der Waals surface area contributed by atoms with Crippen LogP contribution in [0.25, 0.3) is 11.0 Å². The highest BCUT2D eigenvalue weighted by atomic mass is 35.5. The molecule has 148 valence electrons. The molecule has 0 aliphatic carbocycles. The van der Waals surface area contributed by atoms with Gasteiger partial charge in [0.2, 0.25) is 0 Å². The van der Waals surface area contributed by atoms with Gasteiger partial charge >= 0.3 is 5.97 Å². The molecule has 1 unspecified atom stereocenters. The molecule has 0 saturated carbocycles. The Morgan fingerprint density at radius 1 is 1.24 bits per heavy atom. The maximum atomic E-state index is 12.4. The van der Waals surface area contributed by atoms with Crippen molar-refractivity contribution in [3.05, 3.63) is 52.8 Å². The first-order chi connectivity index (χ1) is 13.8. The van der Waals surface area contributed by atoms with E-state index in [4.69, 9.17) is 21.6 Å². The second-order valence-electron chi connectivity index (χ2n) is 6.66. The van der Waals surface area contributed by atoms with E-state index in [0.29, 0.717) is 22.3 Å². The van der Waals surface area contributed by atoms with Gasteiger partial charge in [0.05, 0.1) is 22.3 Å². The standard InChI is InChI=1S/C20H18ClN5O3/c1-11(2)26-18-14(10-24-26)6-15(9-23-18)20(28)29-12(3)19(27)25-16-5-4-13(8-22)17(21)7-16/h4-7,9-12H,1-3H3,(H,25,27). The van der Waals surface area contributed by atoms with Crippen molar-refractivity contribution in [2.75, 3.05) is 5.32 Å². The topological polar surface area (TPSA) is 110 Å². The van der Waals surface area contributed by atoms with Crippen LogP contribution in [-0.2, 0) is 9.53 Å². The lowest BCUT2D eigenvalue weighted by Gasteiger charge is -2.14. The number of aromatic nitrogens is 3. The van der Waals surface area contributed by atoms with Crippen LogP contribution >= 0.6 is 11.6 Å². The number of rotatable bonds is 5. The van der Waals surface area contributed by atoms with Gasteiger partial charge in [-0.1, -0.05) is 11.6 Å². The summed E-state index contributed by atoms with van der Waals surface area (Å²) < 4.78 is 7.00. The van der Waals surface area contributed by atoms with Crippen LogP contribution in [0.3, 0.4) is 0 Å². The Morgan fingerprint density at radius 3 is 2.66 bits per heavy atom. The molecule has 0 fully saturated rings. The first-order valence-corrected chi connectivity index (χ1v) is 9.22. The molecule has 0 radical (unpaired) electrons. The quantitative estimate of drug-likeness (QED) is 0.640. The lowest BCUT2D eigenvalue weighted by Crippen LogP contribution is -2.30. The molecule has 2 aromatic heterocycles. The second-order valence-corrected chi connectivity index (χ2v) is 7.07. The Labute approximate surface area is 172 Å². The molecule has 1 aromatic carbocycles. The van der Waals surface area contributed by atoms with Crippen LogP contribution in [-0.4, -0.2) is 32.7 Å². The number of nitrogens with zero attached hydrogens (tertiary/aromatic N) is 4. The fourth-order valence-corrected chi connectivity index (χ4v) is 2.86. The maximum Gasteiger partial charge on any atom is 0.340 e. The highest BCUT2D eigenvalue weighted by Crippen LogP contribution is 2.21. The van der Waals surface area contributed by atoms with Crippen molar-refractivity contribution < 1.29 is 14.3 Å². The maximum absolute atomic E-state index is 12.4. The van der Waals surface area contributed by atoms with Gasteiger partial charge in [0, 0.05) is 23.3 Å². The zero-order valence-electron chi connectivity index (χ0n) is 16.0. The van der Waals surface area contributed by atoms with Crippen molar-refractivity contribution in [1.29, 1.82) is 5.26 Å². The second kappa shape index (κ2) is 8.29. The van der Waals surface area contributed by atoms with E-state index in [1.54, 1.807) is 23.0 Å². The van der Waals surface area contributed by atoms with E-state index in [2.05, 4.69) is 15.4 Å². The molecule has 0 aliphatic rings. The number of halogens is 1. The average molecular weight is 412 g/mol. The summed E-state index contributed by atoms with van der Waals surface area (Å²) in [5.41, 5.74) is 1.58. The van der Waals surface area contributed by atoms with Gasteiger partial charge in [0.25, 0.3) is 5.91 Å². The average Bonchev–Trinajstić information content (AvgIpc) is 3.11. The molecule has 0 saturated heterocycles. The minimum absolute atomic E-state index is 0.136. The molecule has 3 rings (SSSR count). The molecule has 8 nitrogen and oxygen atoms in total. The summed E-state index contributed by atoms with van der Waals surface area (Å²) in [7, 11) is 0. The van der Waals surface area contributed by atoms with E-state index in [1.807, 2.05) is 19.9 Å². The smallest absolute Gasteiger partial charge is 0.340 e. The molecule has 0 spiro atoms. The molecule has 29 heavy (non-hydrogen) atoms. The molecule has 9 heteroatoms. The highest BCUT2D eigenvalue weighted by molar-refractivity contribution is 6.32. The van der Waals surface area contributed by atoms with Crippen molar-refractivity contribution in [1.82, 2.24) is 14.8 Å². The van der Waals surface area contributed by atoms with Crippen LogP contribution in [0.1, 0.15) is 42.7 Å². The number of nitrogens with one attached hydrogen (secondary N) is 1. The zero-order valence-corrected chi connectivity index (χ0v) is 16.8. The number of anilines is 1. The number of nitriles is 1. The summed E-state index contributed by atoms with van der Waals surface area (Å²) in [6, 6.07) is 8.19. The van der Waals surface area contributed by atoms with E-state index in [0.717, 1.165) is 0 Å². The molecule has 1 atom stereocenters. The summed E-state index contributed by atoms with van der Waals surface area (Å²) in [5.74, 6) is -1.20. The van der Waals surface area contributed by atoms with E-state index in [-0.39, 0.29) is 16.6 Å². The number of carbonyl (C=O) groups excluding carboxylic acids is 2. The minimum atomic E-state index is -1.05. The van der Waals surface area contributed by atoms with Crippen LogP contribution in [0, 0.1) is 11.3 Å². The number of esters is 1. The van der Waals surface area contributed by atoms with Crippen molar-refractivity contribution in [3.8, 4) is 6.07 Å². The van der Waals surface area contributed by atoms with Gasteiger partial charge in [-0.25, -0.2) is 14.5 Å². The largest absolute Gasteiger partial charge is 0.449 e. The fourth-order valence-electron chi connectivity index (χ4n) is 2.64. The van der Waals surface area contributed by atoms with Crippen molar-refractivity contribution in [2.24, 2.45) is 0 Å². The van der Waals surface area contributed by atoms with Crippen LogP contribution < -0.4 is 5.32 Å². The third kappa shape index (κ3) is 4.36. The lowest BCUT2D eigenvalue weighted by molar-refractivity contribution is -0.123. The third-order valence-electron chi connectivity index (χ3n) is 4.17. The Balaban J connectivity index is 1.68. The molecule has 3 aromatic rings. The van der Waals surface area contributed by atoms with E-state index in [9.17, 15) is 9.59 Å². The number of ether oxygens (including phenoxy) is 1. The van der Waals surface area contributed by atoms with Gasteiger partial charge in [0.1, 0.15) is 6.07 Å². The first-order valence-electron chi connectivity index (χ1n) is 8.85. The van der Waals surface area contributed by atoms with Gasteiger partial charge in [-0.2, -0.15) is 10.4 Å². The monoisotopic (exact) mass is 411 g/mol. The summed E-state index contributed by atoms with van der Waals surface area (Å²) >= 11 is 5.95. The number of benzene rings is 1. The van der Waals surface area contributed by atoms with Crippen LogP contribution in [0.2, 0.25) is 5.02 Å². The summed E-state index contributed by atoms with van der Waals surface area (Å²) in [6.07, 6.45) is 1.98. The summed E-state index contributed by atoms with van der Waals surface area (Å²) in [4.78, 5) is 29.0. The highest BCUT2D eigenvalue weighted by Gasteiger charge is 2.20. The van der Waals surface area contributed by atoms with E-state index >= 15 is 0 Å². The van der Waals surface area contributed by atoms with Gasteiger partial charge in [0.15, 0.2) is 11.8 Å². The van der Waals surface area contributed by atoms with Gasteiger partial charge in [-0.3, -0.25) is 4.79 Å². The molecule has 1 amide bonds. The molecule has 0 bridgehead atoms. The lowest BCUT2D eigenvalue weighted by atomic mass is 10.2. The van der Waals surface area contributed by atoms with Gasteiger partial charge < -0.3 is 10.1 Å². The SMILES string of the molecule is CC(OC(=O)c1cnc2c(cnn2C(C)C)c1)C(=O)Nc1ccc(C#N)c(Cl)c1. The molecule has 2 heterocycles. The predicted octanol–water partition coefficient (Wildman–Crippen LogP) is 3.72. The number of hydrogen-bond acceptors (Lipinski definition) is 6. The number of carbonyl (C=O) groups is 2. The number of pyridine rings is 1. The van der Waals surface area contributed by atoms with Crippen LogP contribution in [0.15, 0.2) is 36.7 Å². The Kier molecular flexibility index (Phi) is 5.80. The van der Waals surface area contributed by atoms with Gasteiger partial charge in [-0.15, -0.1) is 0 Å². The van der Waals surface area contributed by atoms with Crippen molar-refractivity contribution >= 4 is 40.2 Å². The zero-order chi connectivity index (χ0) is 21.1. The number of fused-ring (bicyclic) bond motifs is 1. The molecule has 1 N–H and O–H groups in total. The van der Waals surface area contributed by atoms with Crippen LogP contribution in [0.4, 0.5) is 5.69 Å². The Hall–Kier alpha value is -3.44.